The van der Waals surface area contributed by atoms with E-state index in [1.165, 1.54) is 17.8 Å². The van der Waals surface area contributed by atoms with E-state index >= 15 is 0 Å². The lowest BCUT2D eigenvalue weighted by molar-refractivity contribution is -0.116. The Morgan fingerprint density at radius 3 is 2.65 bits per heavy atom. The summed E-state index contributed by atoms with van der Waals surface area (Å²) in [5, 5.41) is 8.54. The molecular weight excluding hydrogens is 294 g/mol. The van der Waals surface area contributed by atoms with Gasteiger partial charge in [0.1, 0.15) is 5.69 Å². The van der Waals surface area contributed by atoms with E-state index in [1.54, 1.807) is 0 Å². The number of carbonyl (C=O) groups excluding carboxylic acids is 1. The number of amides is 1. The van der Waals surface area contributed by atoms with Crippen molar-refractivity contribution in [2.45, 2.75) is 6.54 Å². The molecule has 1 N–H and O–H groups in total. The van der Waals surface area contributed by atoms with E-state index in [2.05, 4.69) is 21.5 Å². The predicted molar refractivity (Wildman–Crippen MR) is 80.4 cm³/mol. The molecule has 20 heavy (non-hydrogen) atoms. The van der Waals surface area contributed by atoms with Crippen molar-refractivity contribution < 1.29 is 9.00 Å². The fourth-order valence-electron chi connectivity index (χ4n) is 1.50. The summed E-state index contributed by atoms with van der Waals surface area (Å²) in [6.07, 6.45) is 1.43. The summed E-state index contributed by atoms with van der Waals surface area (Å²) in [6.45, 7) is 3.85. The van der Waals surface area contributed by atoms with Crippen molar-refractivity contribution in [1.29, 1.82) is 0 Å². The van der Waals surface area contributed by atoms with Crippen LogP contribution in [0.2, 0.25) is 0 Å². The SMILES string of the molecule is C=C(C(=O)NCc1ccc(-c2csnn2)cc1)S(C)=O. The van der Waals surface area contributed by atoms with E-state index in [1.807, 2.05) is 29.6 Å². The minimum absolute atomic E-state index is 0.0789. The van der Waals surface area contributed by atoms with Crippen molar-refractivity contribution in [1.82, 2.24) is 14.9 Å². The molecule has 104 valence electrons. The maximum atomic E-state index is 11.6. The van der Waals surface area contributed by atoms with Crippen LogP contribution in [0.5, 0.6) is 0 Å². The van der Waals surface area contributed by atoms with Crippen LogP contribution in [0, 0.1) is 0 Å². The van der Waals surface area contributed by atoms with Crippen molar-refractivity contribution in [3.63, 3.8) is 0 Å². The highest BCUT2D eigenvalue weighted by atomic mass is 32.2. The van der Waals surface area contributed by atoms with Gasteiger partial charge in [-0.15, -0.1) is 5.10 Å². The molecule has 0 aliphatic carbocycles. The molecule has 0 saturated carbocycles. The van der Waals surface area contributed by atoms with Crippen LogP contribution in [-0.2, 0) is 22.1 Å². The summed E-state index contributed by atoms with van der Waals surface area (Å²) in [4.78, 5) is 11.7. The highest BCUT2D eigenvalue weighted by Gasteiger charge is 2.09. The number of aromatic nitrogens is 2. The number of benzene rings is 1. The molecular formula is C13H13N3O2S2. The lowest BCUT2D eigenvalue weighted by atomic mass is 10.1. The Morgan fingerprint density at radius 2 is 2.10 bits per heavy atom. The molecule has 0 spiro atoms. The van der Waals surface area contributed by atoms with Crippen LogP contribution in [-0.4, -0.2) is 26.0 Å². The Bertz CT molecular complexity index is 636. The van der Waals surface area contributed by atoms with Crippen LogP contribution in [0.1, 0.15) is 5.56 Å². The molecule has 1 aromatic heterocycles. The molecule has 0 aliphatic heterocycles. The lowest BCUT2D eigenvalue weighted by Crippen LogP contribution is -2.25. The Labute approximate surface area is 123 Å². The summed E-state index contributed by atoms with van der Waals surface area (Å²) in [6, 6.07) is 7.65. The quantitative estimate of drug-likeness (QED) is 0.854. The summed E-state index contributed by atoms with van der Waals surface area (Å²) >= 11 is 1.30. The average molecular weight is 307 g/mol. The van der Waals surface area contributed by atoms with Crippen molar-refractivity contribution in [2.24, 2.45) is 0 Å². The van der Waals surface area contributed by atoms with Crippen molar-refractivity contribution in [3.05, 3.63) is 46.7 Å². The second kappa shape index (κ2) is 6.53. The largest absolute Gasteiger partial charge is 0.347 e. The van der Waals surface area contributed by atoms with Gasteiger partial charge in [0, 0.05) is 23.7 Å². The first-order valence-electron chi connectivity index (χ1n) is 5.75. The first-order valence-corrected chi connectivity index (χ1v) is 8.14. The molecule has 0 bridgehead atoms. The van der Waals surface area contributed by atoms with E-state index < -0.39 is 16.7 Å². The minimum atomic E-state index is -1.34. The zero-order valence-corrected chi connectivity index (χ0v) is 12.5. The van der Waals surface area contributed by atoms with Gasteiger partial charge in [-0.1, -0.05) is 35.3 Å². The molecule has 0 fully saturated rings. The van der Waals surface area contributed by atoms with Crippen molar-refractivity contribution in [3.8, 4) is 11.3 Å². The van der Waals surface area contributed by atoms with Gasteiger partial charge in [0.15, 0.2) is 0 Å². The minimum Gasteiger partial charge on any atom is -0.347 e. The predicted octanol–water partition coefficient (Wildman–Crippen LogP) is 1.71. The van der Waals surface area contributed by atoms with Gasteiger partial charge in [-0.05, 0) is 17.1 Å². The maximum Gasteiger partial charge on any atom is 0.259 e. The van der Waals surface area contributed by atoms with E-state index in [0.717, 1.165) is 16.8 Å². The zero-order chi connectivity index (χ0) is 14.5. The molecule has 1 aromatic carbocycles. The summed E-state index contributed by atoms with van der Waals surface area (Å²) < 4.78 is 14.9. The Hall–Kier alpha value is -1.86. The van der Waals surface area contributed by atoms with E-state index in [0.29, 0.717) is 6.54 Å². The molecule has 0 aliphatic rings. The van der Waals surface area contributed by atoms with Gasteiger partial charge < -0.3 is 5.32 Å². The highest BCUT2D eigenvalue weighted by Crippen LogP contribution is 2.18. The number of rotatable bonds is 5. The molecule has 1 atom stereocenters. The van der Waals surface area contributed by atoms with Gasteiger partial charge in [0.2, 0.25) is 0 Å². The van der Waals surface area contributed by atoms with E-state index in [-0.39, 0.29) is 4.91 Å². The first-order chi connectivity index (χ1) is 9.58. The second-order valence-electron chi connectivity index (χ2n) is 4.05. The van der Waals surface area contributed by atoms with Crippen LogP contribution in [0.15, 0.2) is 41.1 Å². The second-order valence-corrected chi connectivity index (χ2v) is 6.06. The third kappa shape index (κ3) is 3.58. The van der Waals surface area contributed by atoms with Gasteiger partial charge in [-0.25, -0.2) is 0 Å². The number of hydrogen-bond acceptors (Lipinski definition) is 5. The molecule has 7 heteroatoms. The maximum absolute atomic E-state index is 11.6. The fraction of sp³-hybridized carbons (Fsp3) is 0.154. The number of hydrogen-bond donors (Lipinski definition) is 1. The van der Waals surface area contributed by atoms with Gasteiger partial charge in [0.05, 0.1) is 15.7 Å². The van der Waals surface area contributed by atoms with Crippen LogP contribution >= 0.6 is 11.5 Å². The van der Waals surface area contributed by atoms with Gasteiger partial charge in [-0.2, -0.15) is 0 Å². The third-order valence-electron chi connectivity index (χ3n) is 2.66. The fourth-order valence-corrected chi connectivity index (χ4v) is 2.29. The Balaban J connectivity index is 1.96. The number of nitrogens with one attached hydrogen (secondary N) is 1. The molecule has 1 amide bonds. The van der Waals surface area contributed by atoms with Crippen molar-refractivity contribution in [2.75, 3.05) is 6.26 Å². The number of carbonyl (C=O) groups is 1. The van der Waals surface area contributed by atoms with Crippen molar-refractivity contribution >= 4 is 28.2 Å². The Morgan fingerprint density at radius 1 is 1.40 bits per heavy atom. The van der Waals surface area contributed by atoms with Gasteiger partial charge >= 0.3 is 0 Å². The van der Waals surface area contributed by atoms with Crippen LogP contribution in [0.25, 0.3) is 11.3 Å². The van der Waals surface area contributed by atoms with Crippen LogP contribution in [0.4, 0.5) is 0 Å². The topological polar surface area (TPSA) is 72.0 Å². The van der Waals surface area contributed by atoms with Gasteiger partial charge in [0.25, 0.3) is 5.91 Å². The average Bonchev–Trinajstić information content (AvgIpc) is 2.98. The summed E-state index contributed by atoms with van der Waals surface area (Å²) in [5.41, 5.74) is 2.76. The summed E-state index contributed by atoms with van der Waals surface area (Å²) in [5.74, 6) is -0.390. The van der Waals surface area contributed by atoms with E-state index in [4.69, 9.17) is 0 Å². The molecule has 0 saturated heterocycles. The first kappa shape index (κ1) is 14.5. The zero-order valence-electron chi connectivity index (χ0n) is 10.8. The normalized spacial score (nSPS) is 11.8. The molecule has 2 rings (SSSR count). The number of nitrogens with zero attached hydrogens (tertiary/aromatic N) is 2. The Kier molecular flexibility index (Phi) is 4.75. The van der Waals surface area contributed by atoms with Crippen LogP contribution < -0.4 is 5.32 Å². The molecule has 5 nitrogen and oxygen atoms in total. The molecule has 2 aromatic rings. The molecule has 1 heterocycles. The summed E-state index contributed by atoms with van der Waals surface area (Å²) in [7, 11) is -1.34. The standard InChI is InChI=1S/C13H13N3O2S2/c1-9(20(2)18)13(17)14-7-10-3-5-11(6-4-10)12-8-19-16-15-12/h3-6,8H,1,7H2,2H3,(H,14,17). The van der Waals surface area contributed by atoms with E-state index in [9.17, 15) is 9.00 Å². The highest BCUT2D eigenvalue weighted by molar-refractivity contribution is 7.89. The molecule has 0 radical (unpaired) electrons. The molecule has 1 unspecified atom stereocenters. The van der Waals surface area contributed by atoms with Crippen LogP contribution in [0.3, 0.4) is 0 Å². The smallest absolute Gasteiger partial charge is 0.259 e. The monoisotopic (exact) mass is 307 g/mol. The van der Waals surface area contributed by atoms with Gasteiger partial charge in [-0.3, -0.25) is 9.00 Å². The lowest BCUT2D eigenvalue weighted by Gasteiger charge is -2.06. The third-order valence-corrected chi connectivity index (χ3v) is 4.05.